The van der Waals surface area contributed by atoms with Crippen LogP contribution in [0.5, 0.6) is 0 Å². The maximum absolute atomic E-state index is 13.6. The number of hydrogen-bond acceptors (Lipinski definition) is 4. The van der Waals surface area contributed by atoms with Crippen LogP contribution in [0.15, 0.2) is 54.7 Å². The van der Waals surface area contributed by atoms with Gasteiger partial charge in [0.1, 0.15) is 11.4 Å². The highest BCUT2D eigenvalue weighted by molar-refractivity contribution is 5.63. The van der Waals surface area contributed by atoms with Crippen molar-refractivity contribution in [3.8, 4) is 0 Å². The number of nitrogens with zero attached hydrogens (tertiary/aromatic N) is 2. The molecule has 170 valence electrons. The van der Waals surface area contributed by atoms with Gasteiger partial charge in [0.05, 0.1) is 0 Å². The second-order valence-electron chi connectivity index (χ2n) is 7.94. The summed E-state index contributed by atoms with van der Waals surface area (Å²) in [7, 11) is 0. The third-order valence-corrected chi connectivity index (χ3v) is 5.45. The molecule has 1 heterocycles. The van der Waals surface area contributed by atoms with Crippen LogP contribution in [-0.4, -0.2) is 9.97 Å². The Morgan fingerprint density at radius 2 is 1.72 bits per heavy atom. The van der Waals surface area contributed by atoms with E-state index in [-0.39, 0.29) is 11.8 Å². The van der Waals surface area contributed by atoms with Crippen molar-refractivity contribution in [3.05, 3.63) is 71.4 Å². The first kappa shape index (κ1) is 23.6. The third-order valence-electron chi connectivity index (χ3n) is 5.45. The Morgan fingerprint density at radius 3 is 2.38 bits per heavy atom. The largest absolute Gasteiger partial charge is 0.421 e. The van der Waals surface area contributed by atoms with Crippen molar-refractivity contribution in [1.82, 2.24) is 9.97 Å². The predicted octanol–water partition coefficient (Wildman–Crippen LogP) is 7.84. The maximum atomic E-state index is 13.6. The van der Waals surface area contributed by atoms with Gasteiger partial charge in [-0.25, -0.2) is 4.98 Å². The summed E-state index contributed by atoms with van der Waals surface area (Å²) in [6.45, 7) is 6.38. The minimum absolute atomic E-state index is 0.0962. The summed E-state index contributed by atoms with van der Waals surface area (Å²) < 4.78 is 40.7. The summed E-state index contributed by atoms with van der Waals surface area (Å²) in [6, 6.07) is 15.2. The fraction of sp³-hybridized carbons (Fsp3) is 0.360. The van der Waals surface area contributed by atoms with E-state index < -0.39 is 11.7 Å². The quantitative estimate of drug-likeness (QED) is 0.354. The van der Waals surface area contributed by atoms with Crippen LogP contribution in [0.4, 0.5) is 36.3 Å². The van der Waals surface area contributed by atoms with E-state index in [1.807, 2.05) is 42.5 Å². The molecule has 3 aromatic rings. The van der Waals surface area contributed by atoms with Crippen molar-refractivity contribution in [2.75, 3.05) is 10.6 Å². The molecule has 0 aliphatic heterocycles. The second-order valence-corrected chi connectivity index (χ2v) is 7.94. The molecule has 2 N–H and O–H groups in total. The number of halogens is 3. The topological polar surface area (TPSA) is 49.8 Å². The lowest BCUT2D eigenvalue weighted by atomic mass is 9.99. The van der Waals surface area contributed by atoms with Gasteiger partial charge in [-0.2, -0.15) is 18.2 Å². The highest BCUT2D eigenvalue weighted by Crippen LogP contribution is 2.35. The first-order valence-corrected chi connectivity index (χ1v) is 11.0. The molecule has 0 amide bonds. The molecule has 0 aliphatic rings. The molecule has 0 radical (unpaired) electrons. The number of aromatic nitrogens is 2. The number of hydrogen-bond donors (Lipinski definition) is 2. The van der Waals surface area contributed by atoms with Gasteiger partial charge in [-0.1, -0.05) is 51.5 Å². The Bertz CT molecular complexity index is 1020. The van der Waals surface area contributed by atoms with Gasteiger partial charge in [0.25, 0.3) is 0 Å². The number of unbranched alkanes of at least 4 members (excludes halogenated alkanes) is 1. The molecule has 32 heavy (non-hydrogen) atoms. The van der Waals surface area contributed by atoms with Crippen molar-refractivity contribution in [2.24, 2.45) is 0 Å². The average molecular weight is 443 g/mol. The van der Waals surface area contributed by atoms with Gasteiger partial charge < -0.3 is 10.6 Å². The van der Waals surface area contributed by atoms with Gasteiger partial charge in [-0.15, -0.1) is 0 Å². The van der Waals surface area contributed by atoms with Crippen LogP contribution in [0.2, 0.25) is 0 Å². The van der Waals surface area contributed by atoms with E-state index in [1.54, 1.807) is 6.07 Å². The Kier molecular flexibility index (Phi) is 7.72. The van der Waals surface area contributed by atoms with Crippen LogP contribution in [-0.2, 0) is 12.6 Å². The minimum Gasteiger partial charge on any atom is -0.340 e. The molecular weight excluding hydrogens is 413 g/mol. The number of nitrogens with one attached hydrogen (secondary N) is 2. The van der Waals surface area contributed by atoms with E-state index in [0.717, 1.165) is 37.4 Å². The molecule has 0 saturated carbocycles. The molecule has 0 spiro atoms. The summed E-state index contributed by atoms with van der Waals surface area (Å²) in [5, 5.41) is 5.85. The van der Waals surface area contributed by atoms with Gasteiger partial charge in [-0.3, -0.25) is 0 Å². The monoisotopic (exact) mass is 442 g/mol. The van der Waals surface area contributed by atoms with Gasteiger partial charge in [-0.05, 0) is 60.6 Å². The van der Waals surface area contributed by atoms with Crippen LogP contribution in [0.25, 0.3) is 0 Å². The molecule has 2 aromatic carbocycles. The Balaban J connectivity index is 1.85. The number of aryl methyl sites for hydroxylation is 1. The van der Waals surface area contributed by atoms with E-state index in [4.69, 9.17) is 0 Å². The van der Waals surface area contributed by atoms with E-state index in [0.29, 0.717) is 17.3 Å². The normalized spacial score (nSPS) is 12.4. The molecule has 7 heteroatoms. The zero-order chi connectivity index (χ0) is 23.1. The highest BCUT2D eigenvalue weighted by atomic mass is 19.4. The highest BCUT2D eigenvalue weighted by Gasteiger charge is 2.35. The van der Waals surface area contributed by atoms with Gasteiger partial charge in [0.15, 0.2) is 0 Å². The van der Waals surface area contributed by atoms with Crippen molar-refractivity contribution in [1.29, 1.82) is 0 Å². The predicted molar refractivity (Wildman–Crippen MR) is 124 cm³/mol. The van der Waals surface area contributed by atoms with Crippen molar-refractivity contribution >= 4 is 23.1 Å². The number of anilines is 4. The fourth-order valence-electron chi connectivity index (χ4n) is 3.33. The first-order chi connectivity index (χ1) is 15.3. The van der Waals surface area contributed by atoms with E-state index in [9.17, 15) is 13.2 Å². The zero-order valence-electron chi connectivity index (χ0n) is 18.6. The summed E-state index contributed by atoms with van der Waals surface area (Å²) in [4.78, 5) is 8.03. The smallest absolute Gasteiger partial charge is 0.340 e. The van der Waals surface area contributed by atoms with Gasteiger partial charge in [0.2, 0.25) is 5.95 Å². The summed E-state index contributed by atoms with van der Waals surface area (Å²) in [5.41, 5.74) is 2.64. The van der Waals surface area contributed by atoms with Crippen molar-refractivity contribution < 1.29 is 13.2 Å². The zero-order valence-corrected chi connectivity index (χ0v) is 18.6. The Hall–Kier alpha value is -3.09. The van der Waals surface area contributed by atoms with Gasteiger partial charge >= 0.3 is 6.18 Å². The summed E-state index contributed by atoms with van der Waals surface area (Å²) in [5.74, 6) is 0.257. The van der Waals surface area contributed by atoms with Crippen molar-refractivity contribution in [3.63, 3.8) is 0 Å². The molecule has 0 fully saturated rings. The standard InChI is InChI=1S/C25H29F3N4/c1-4-6-8-18-9-7-10-21(15-18)30-23-22(25(26,27)28)16-29-24(32-23)31-20-13-11-19(12-14-20)17(3)5-2/h7,9-17H,4-6,8H2,1-3H3,(H2,29,30,31,32). The SMILES string of the molecule is CCCCc1cccc(Nc2nc(Nc3ccc(C(C)CC)cc3)ncc2C(F)(F)F)c1. The molecule has 1 atom stereocenters. The van der Waals surface area contributed by atoms with Crippen molar-refractivity contribution in [2.45, 2.75) is 58.5 Å². The van der Waals surface area contributed by atoms with Crippen LogP contribution in [0.3, 0.4) is 0 Å². The van der Waals surface area contributed by atoms with Crippen LogP contribution in [0.1, 0.15) is 62.6 Å². The van der Waals surface area contributed by atoms with E-state index in [2.05, 4.69) is 41.4 Å². The lowest BCUT2D eigenvalue weighted by Gasteiger charge is -2.16. The van der Waals surface area contributed by atoms with Crippen LogP contribution in [0, 0.1) is 0 Å². The molecule has 0 saturated heterocycles. The Labute approximate surface area is 187 Å². The number of rotatable bonds is 9. The van der Waals surface area contributed by atoms with E-state index in [1.165, 1.54) is 5.56 Å². The van der Waals surface area contributed by atoms with Crippen LogP contribution < -0.4 is 10.6 Å². The average Bonchev–Trinajstić information content (AvgIpc) is 2.77. The lowest BCUT2D eigenvalue weighted by molar-refractivity contribution is -0.137. The number of alkyl halides is 3. The minimum atomic E-state index is -4.57. The fourth-order valence-corrected chi connectivity index (χ4v) is 3.33. The van der Waals surface area contributed by atoms with Crippen LogP contribution >= 0.6 is 0 Å². The Morgan fingerprint density at radius 1 is 0.969 bits per heavy atom. The molecule has 1 unspecified atom stereocenters. The molecule has 4 nitrogen and oxygen atoms in total. The summed E-state index contributed by atoms with van der Waals surface area (Å²) in [6.07, 6.45) is 0.222. The lowest BCUT2D eigenvalue weighted by Crippen LogP contribution is -2.12. The van der Waals surface area contributed by atoms with Gasteiger partial charge in [0, 0.05) is 17.6 Å². The maximum Gasteiger partial charge on any atom is 0.421 e. The third kappa shape index (κ3) is 6.22. The summed E-state index contributed by atoms with van der Waals surface area (Å²) >= 11 is 0. The molecule has 0 aliphatic carbocycles. The number of benzene rings is 2. The molecular formula is C25H29F3N4. The molecule has 0 bridgehead atoms. The molecule has 1 aromatic heterocycles. The molecule has 3 rings (SSSR count). The van der Waals surface area contributed by atoms with E-state index >= 15 is 0 Å². The second kappa shape index (κ2) is 10.5. The first-order valence-electron chi connectivity index (χ1n) is 11.0.